The minimum Gasteiger partial charge on any atom is -0.382 e. The summed E-state index contributed by atoms with van der Waals surface area (Å²) in [4.78, 5) is 2.26. The molecule has 1 fully saturated rings. The lowest BCUT2D eigenvalue weighted by molar-refractivity contribution is 0.00960. The Labute approximate surface area is 102 Å². The number of nitrogens with zero attached hydrogens (tertiary/aromatic N) is 3. The van der Waals surface area contributed by atoms with Crippen molar-refractivity contribution in [3.05, 3.63) is 12.1 Å². The Morgan fingerprint density at radius 3 is 2.18 bits per heavy atom. The summed E-state index contributed by atoms with van der Waals surface area (Å²) in [6, 6.07) is 3.70. The minimum absolute atomic E-state index is 0.105. The molecule has 17 heavy (non-hydrogen) atoms. The number of anilines is 2. The summed E-state index contributed by atoms with van der Waals surface area (Å²) in [5.41, 5.74) is 5.37. The summed E-state index contributed by atoms with van der Waals surface area (Å²) in [5.74, 6) is 1.29. The molecule has 5 nitrogen and oxygen atoms in total. The highest BCUT2D eigenvalue weighted by atomic mass is 16.5. The molecule has 0 aliphatic carbocycles. The van der Waals surface area contributed by atoms with E-state index in [4.69, 9.17) is 10.5 Å². The van der Waals surface area contributed by atoms with Gasteiger partial charge in [0, 0.05) is 0 Å². The van der Waals surface area contributed by atoms with Gasteiger partial charge < -0.3 is 15.4 Å². The number of nitrogen functional groups attached to an aromatic ring is 1. The Kier molecular flexibility index (Phi) is 2.73. The summed E-state index contributed by atoms with van der Waals surface area (Å²) < 4.78 is 5.66. The number of hydrogen-bond acceptors (Lipinski definition) is 5. The lowest BCUT2D eigenvalue weighted by atomic mass is 9.91. The van der Waals surface area contributed by atoms with Gasteiger partial charge in [0.15, 0.2) is 5.82 Å². The molecule has 0 unspecified atom stereocenters. The van der Waals surface area contributed by atoms with Crippen LogP contribution in [0.2, 0.25) is 0 Å². The molecule has 0 spiro atoms. The fraction of sp³-hybridized carbons (Fsp3) is 0.667. The van der Waals surface area contributed by atoms with Crippen LogP contribution in [0.4, 0.5) is 11.6 Å². The second-order valence-electron chi connectivity index (χ2n) is 5.77. The van der Waals surface area contributed by atoms with Gasteiger partial charge in [-0.15, -0.1) is 10.2 Å². The molecule has 5 heteroatoms. The highest BCUT2D eigenvalue weighted by molar-refractivity contribution is 5.47. The van der Waals surface area contributed by atoms with Gasteiger partial charge in [-0.1, -0.05) is 0 Å². The van der Waals surface area contributed by atoms with E-state index in [9.17, 15) is 0 Å². The number of morpholine rings is 1. The Balaban J connectivity index is 2.41. The molecule has 1 aromatic heterocycles. The van der Waals surface area contributed by atoms with E-state index < -0.39 is 0 Å². The topological polar surface area (TPSA) is 64.3 Å². The average Bonchev–Trinajstić information content (AvgIpc) is 2.18. The van der Waals surface area contributed by atoms with Gasteiger partial charge in [-0.3, -0.25) is 0 Å². The molecule has 0 aromatic carbocycles. The van der Waals surface area contributed by atoms with Crippen molar-refractivity contribution in [3.63, 3.8) is 0 Å². The van der Waals surface area contributed by atoms with Crippen molar-refractivity contribution >= 4 is 11.6 Å². The van der Waals surface area contributed by atoms with Gasteiger partial charge >= 0.3 is 0 Å². The van der Waals surface area contributed by atoms with Crippen molar-refractivity contribution in [2.45, 2.75) is 38.8 Å². The van der Waals surface area contributed by atoms with Crippen LogP contribution in [-0.4, -0.2) is 34.5 Å². The van der Waals surface area contributed by atoms with Gasteiger partial charge in [0.2, 0.25) is 0 Å². The Bertz CT molecular complexity index is 383. The molecule has 2 rings (SSSR count). The molecule has 0 saturated carbocycles. The van der Waals surface area contributed by atoms with Crippen molar-refractivity contribution in [1.82, 2.24) is 10.2 Å². The summed E-state index contributed by atoms with van der Waals surface area (Å²) in [5, 5.41) is 8.12. The monoisotopic (exact) mass is 236 g/mol. The molecule has 0 amide bonds. The maximum atomic E-state index is 5.66. The first-order valence-electron chi connectivity index (χ1n) is 5.80. The standard InChI is InChI=1S/C12H20N4O/c1-11(2)7-17-8-12(3,4)16(11)10-6-5-9(13)14-15-10/h5-6H,7-8H2,1-4H3,(H2,13,14). The Morgan fingerprint density at radius 1 is 1.12 bits per heavy atom. The van der Waals surface area contributed by atoms with Crippen LogP contribution in [0.15, 0.2) is 12.1 Å². The van der Waals surface area contributed by atoms with Gasteiger partial charge in [0.05, 0.1) is 24.3 Å². The van der Waals surface area contributed by atoms with Crippen molar-refractivity contribution in [3.8, 4) is 0 Å². The second kappa shape index (κ2) is 3.84. The number of rotatable bonds is 1. The van der Waals surface area contributed by atoms with Gasteiger partial charge in [-0.2, -0.15) is 0 Å². The molecule has 1 aromatic rings. The maximum absolute atomic E-state index is 5.66. The smallest absolute Gasteiger partial charge is 0.152 e. The highest BCUT2D eigenvalue weighted by Crippen LogP contribution is 2.34. The number of nitrogens with two attached hydrogens (primary N) is 1. The van der Waals surface area contributed by atoms with Crippen LogP contribution in [-0.2, 0) is 4.74 Å². The molecule has 0 atom stereocenters. The largest absolute Gasteiger partial charge is 0.382 e. The van der Waals surface area contributed by atoms with Gasteiger partial charge in [-0.05, 0) is 39.8 Å². The van der Waals surface area contributed by atoms with E-state index in [0.29, 0.717) is 19.0 Å². The SMILES string of the molecule is CC1(C)COCC(C)(C)N1c1ccc(N)nn1. The predicted octanol–water partition coefficient (Wildman–Crippen LogP) is 1.45. The Morgan fingerprint density at radius 2 is 1.71 bits per heavy atom. The number of ether oxygens (including phenoxy) is 1. The molecule has 2 heterocycles. The Hall–Kier alpha value is -1.36. The van der Waals surface area contributed by atoms with E-state index in [-0.39, 0.29) is 11.1 Å². The van der Waals surface area contributed by atoms with Crippen molar-refractivity contribution < 1.29 is 4.74 Å². The molecule has 94 valence electrons. The third kappa shape index (κ3) is 2.20. The lowest BCUT2D eigenvalue weighted by Crippen LogP contribution is -2.64. The fourth-order valence-corrected chi connectivity index (χ4v) is 2.57. The molecule has 0 radical (unpaired) electrons. The van der Waals surface area contributed by atoms with Crippen LogP contribution >= 0.6 is 0 Å². The zero-order valence-corrected chi connectivity index (χ0v) is 10.9. The summed E-state index contributed by atoms with van der Waals surface area (Å²) in [6.45, 7) is 9.95. The molecule has 1 aliphatic heterocycles. The molecule has 2 N–H and O–H groups in total. The molecular formula is C12H20N4O. The van der Waals surface area contributed by atoms with Gasteiger partial charge in [0.25, 0.3) is 0 Å². The third-order valence-corrected chi connectivity index (χ3v) is 3.02. The van der Waals surface area contributed by atoms with Crippen molar-refractivity contribution in [2.24, 2.45) is 0 Å². The van der Waals surface area contributed by atoms with Crippen LogP contribution in [0.25, 0.3) is 0 Å². The van der Waals surface area contributed by atoms with Crippen molar-refractivity contribution in [2.75, 3.05) is 23.8 Å². The van der Waals surface area contributed by atoms with Gasteiger partial charge in [0.1, 0.15) is 5.82 Å². The first kappa shape index (κ1) is 12.1. The molecule has 1 aliphatic rings. The minimum atomic E-state index is -0.105. The third-order valence-electron chi connectivity index (χ3n) is 3.02. The maximum Gasteiger partial charge on any atom is 0.152 e. The summed E-state index contributed by atoms with van der Waals surface area (Å²) >= 11 is 0. The van der Waals surface area contributed by atoms with Crippen LogP contribution in [0.1, 0.15) is 27.7 Å². The summed E-state index contributed by atoms with van der Waals surface area (Å²) in [6.07, 6.45) is 0. The fourth-order valence-electron chi connectivity index (χ4n) is 2.57. The van der Waals surface area contributed by atoms with E-state index in [1.54, 1.807) is 6.07 Å². The zero-order valence-electron chi connectivity index (χ0n) is 10.9. The predicted molar refractivity (Wildman–Crippen MR) is 67.9 cm³/mol. The summed E-state index contributed by atoms with van der Waals surface area (Å²) in [7, 11) is 0. The van der Waals surface area contributed by atoms with E-state index >= 15 is 0 Å². The normalized spacial score (nSPS) is 22.5. The average molecular weight is 236 g/mol. The highest BCUT2D eigenvalue weighted by Gasteiger charge is 2.43. The lowest BCUT2D eigenvalue weighted by Gasteiger charge is -2.52. The number of aromatic nitrogens is 2. The van der Waals surface area contributed by atoms with Crippen LogP contribution in [0.3, 0.4) is 0 Å². The quantitative estimate of drug-likeness (QED) is 0.799. The van der Waals surface area contributed by atoms with Gasteiger partial charge in [-0.25, -0.2) is 0 Å². The van der Waals surface area contributed by atoms with Crippen LogP contribution in [0.5, 0.6) is 0 Å². The molecular weight excluding hydrogens is 216 g/mol. The molecule has 0 bridgehead atoms. The zero-order chi connectivity index (χ0) is 12.7. The number of hydrogen-bond donors (Lipinski definition) is 1. The van der Waals surface area contributed by atoms with E-state index in [0.717, 1.165) is 5.82 Å². The molecule has 1 saturated heterocycles. The first-order chi connectivity index (χ1) is 7.83. The van der Waals surface area contributed by atoms with Crippen LogP contribution in [0, 0.1) is 0 Å². The van der Waals surface area contributed by atoms with E-state index in [1.807, 2.05) is 6.07 Å². The van der Waals surface area contributed by atoms with Crippen molar-refractivity contribution in [1.29, 1.82) is 0 Å². The van der Waals surface area contributed by atoms with E-state index in [2.05, 4.69) is 42.8 Å². The van der Waals surface area contributed by atoms with E-state index in [1.165, 1.54) is 0 Å². The second-order valence-corrected chi connectivity index (χ2v) is 5.77. The first-order valence-corrected chi connectivity index (χ1v) is 5.80. The van der Waals surface area contributed by atoms with Crippen LogP contribution < -0.4 is 10.6 Å².